The first-order valence-electron chi connectivity index (χ1n) is 7.71. The Morgan fingerprint density at radius 3 is 2.40 bits per heavy atom. The van der Waals surface area contributed by atoms with Gasteiger partial charge in [-0.3, -0.25) is 4.79 Å². The molecule has 0 spiro atoms. The van der Waals surface area contributed by atoms with Crippen molar-refractivity contribution in [3.8, 4) is 6.07 Å². The minimum absolute atomic E-state index is 0.0841. The number of esters is 1. The monoisotopic (exact) mass is 334 g/mol. The molecular weight excluding hydrogens is 316 g/mol. The zero-order valence-electron chi connectivity index (χ0n) is 14.0. The van der Waals surface area contributed by atoms with Gasteiger partial charge in [-0.2, -0.15) is 5.26 Å². The van der Waals surface area contributed by atoms with Crippen molar-refractivity contribution < 1.29 is 14.3 Å². The van der Waals surface area contributed by atoms with Crippen LogP contribution in [0.1, 0.15) is 34.5 Å². The fourth-order valence-electron chi connectivity index (χ4n) is 2.32. The van der Waals surface area contributed by atoms with Crippen molar-refractivity contribution in [2.24, 2.45) is 0 Å². The number of amides is 1. The average Bonchev–Trinajstić information content (AvgIpc) is 2.66. The number of carbonyl (C=O) groups excluding carboxylic acids is 2. The molecular formula is C20H18N2O3. The lowest BCUT2D eigenvalue weighted by Crippen LogP contribution is -2.27. The van der Waals surface area contributed by atoms with Crippen LogP contribution in [0.2, 0.25) is 0 Å². The van der Waals surface area contributed by atoms with Crippen LogP contribution in [0.3, 0.4) is 0 Å². The molecule has 1 amide bonds. The summed E-state index contributed by atoms with van der Waals surface area (Å²) in [6, 6.07) is 17.7. The highest BCUT2D eigenvalue weighted by Gasteiger charge is 2.16. The molecule has 1 N–H and O–H groups in total. The van der Waals surface area contributed by atoms with Gasteiger partial charge < -0.3 is 10.1 Å². The molecule has 0 heterocycles. The Morgan fingerprint density at radius 2 is 1.76 bits per heavy atom. The Hall–Kier alpha value is -3.39. The highest BCUT2D eigenvalue weighted by Crippen LogP contribution is 2.16. The van der Waals surface area contributed by atoms with Crippen LogP contribution in [0.15, 0.2) is 60.2 Å². The Kier molecular flexibility index (Phi) is 6.08. The van der Waals surface area contributed by atoms with Gasteiger partial charge in [0.05, 0.1) is 18.7 Å². The highest BCUT2D eigenvalue weighted by atomic mass is 16.5. The van der Waals surface area contributed by atoms with Gasteiger partial charge in [0.25, 0.3) is 5.91 Å². The zero-order valence-corrected chi connectivity index (χ0v) is 14.0. The molecule has 0 saturated carbocycles. The molecule has 0 aliphatic carbocycles. The lowest BCUT2D eigenvalue weighted by atomic mass is 10.0. The topological polar surface area (TPSA) is 79.2 Å². The summed E-state index contributed by atoms with van der Waals surface area (Å²) in [5.41, 5.74) is 1.59. The molecule has 1 atom stereocenters. The largest absolute Gasteiger partial charge is 0.465 e. The Morgan fingerprint density at radius 1 is 1.12 bits per heavy atom. The van der Waals surface area contributed by atoms with Gasteiger partial charge in [0.15, 0.2) is 0 Å². The molecule has 2 aromatic carbocycles. The van der Waals surface area contributed by atoms with E-state index < -0.39 is 11.9 Å². The molecule has 0 unspecified atom stereocenters. The standard InChI is InChI=1S/C20H18N2O3/c1-14(15-8-4-3-5-9-15)22-19(23)17(13-21)12-16-10-6-7-11-18(16)20(24)25-2/h3-12,14H,1-2H3,(H,22,23)/b17-12+/t14-/m1/s1. The van der Waals surface area contributed by atoms with Crippen LogP contribution in [-0.4, -0.2) is 19.0 Å². The number of carbonyl (C=O) groups is 2. The Balaban J connectivity index is 2.25. The van der Waals surface area contributed by atoms with Crippen molar-refractivity contribution in [3.05, 3.63) is 76.9 Å². The second-order valence-corrected chi connectivity index (χ2v) is 5.35. The van der Waals surface area contributed by atoms with Crippen molar-refractivity contribution in [2.75, 3.05) is 7.11 Å². The molecule has 0 aliphatic heterocycles. The van der Waals surface area contributed by atoms with E-state index in [4.69, 9.17) is 4.74 Å². The maximum atomic E-state index is 12.4. The summed E-state index contributed by atoms with van der Waals surface area (Å²) in [6.45, 7) is 1.84. The quantitative estimate of drug-likeness (QED) is 0.517. The van der Waals surface area contributed by atoms with E-state index in [1.807, 2.05) is 43.3 Å². The van der Waals surface area contributed by atoms with Gasteiger partial charge in [0.1, 0.15) is 11.6 Å². The van der Waals surface area contributed by atoms with Crippen molar-refractivity contribution in [2.45, 2.75) is 13.0 Å². The molecule has 0 saturated heterocycles. The molecule has 2 rings (SSSR count). The normalized spacial score (nSPS) is 12.0. The molecule has 5 heteroatoms. The third-order valence-electron chi connectivity index (χ3n) is 3.68. The number of ether oxygens (including phenoxy) is 1. The van der Waals surface area contributed by atoms with Gasteiger partial charge in [-0.05, 0) is 30.2 Å². The number of rotatable bonds is 5. The smallest absolute Gasteiger partial charge is 0.338 e. The van der Waals surface area contributed by atoms with Gasteiger partial charge in [0, 0.05) is 0 Å². The second kappa shape index (κ2) is 8.46. The first-order chi connectivity index (χ1) is 12.1. The van der Waals surface area contributed by atoms with Gasteiger partial charge in [-0.25, -0.2) is 4.79 Å². The summed E-state index contributed by atoms with van der Waals surface area (Å²) < 4.78 is 4.72. The predicted octanol–water partition coefficient (Wildman–Crippen LogP) is 3.26. The van der Waals surface area contributed by atoms with E-state index >= 15 is 0 Å². The number of methoxy groups -OCH3 is 1. The van der Waals surface area contributed by atoms with Gasteiger partial charge in [-0.15, -0.1) is 0 Å². The predicted molar refractivity (Wildman–Crippen MR) is 94.4 cm³/mol. The lowest BCUT2D eigenvalue weighted by Gasteiger charge is -2.14. The maximum Gasteiger partial charge on any atom is 0.338 e. The van der Waals surface area contributed by atoms with Crippen LogP contribution >= 0.6 is 0 Å². The Bertz CT molecular complexity index is 836. The van der Waals surface area contributed by atoms with Crippen molar-refractivity contribution in [1.82, 2.24) is 5.32 Å². The third-order valence-corrected chi connectivity index (χ3v) is 3.68. The summed E-state index contributed by atoms with van der Waals surface area (Å²) >= 11 is 0. The van der Waals surface area contributed by atoms with Gasteiger partial charge in [0.2, 0.25) is 0 Å². The molecule has 2 aromatic rings. The van der Waals surface area contributed by atoms with Crippen molar-refractivity contribution in [3.63, 3.8) is 0 Å². The highest BCUT2D eigenvalue weighted by molar-refractivity contribution is 6.03. The van der Waals surface area contributed by atoms with Crippen molar-refractivity contribution >= 4 is 18.0 Å². The van der Waals surface area contributed by atoms with Gasteiger partial charge >= 0.3 is 5.97 Å². The van der Waals surface area contributed by atoms with Crippen LogP contribution < -0.4 is 5.32 Å². The first-order valence-corrected chi connectivity index (χ1v) is 7.71. The maximum absolute atomic E-state index is 12.4. The fraction of sp³-hybridized carbons (Fsp3) is 0.150. The second-order valence-electron chi connectivity index (χ2n) is 5.35. The summed E-state index contributed by atoms with van der Waals surface area (Å²) in [7, 11) is 1.28. The van der Waals surface area contributed by atoms with E-state index in [1.165, 1.54) is 13.2 Å². The van der Waals surface area contributed by atoms with E-state index in [-0.39, 0.29) is 11.6 Å². The number of nitrogens with zero attached hydrogens (tertiary/aromatic N) is 1. The van der Waals surface area contributed by atoms with Gasteiger partial charge in [-0.1, -0.05) is 48.5 Å². The number of benzene rings is 2. The minimum Gasteiger partial charge on any atom is -0.465 e. The lowest BCUT2D eigenvalue weighted by molar-refractivity contribution is -0.117. The number of hydrogen-bond acceptors (Lipinski definition) is 4. The van der Waals surface area contributed by atoms with Crippen LogP contribution in [0, 0.1) is 11.3 Å². The zero-order chi connectivity index (χ0) is 18.2. The molecule has 0 aliphatic rings. The Labute approximate surface area is 146 Å². The summed E-state index contributed by atoms with van der Waals surface area (Å²) in [5, 5.41) is 12.1. The van der Waals surface area contributed by atoms with Crippen LogP contribution in [0.5, 0.6) is 0 Å². The summed E-state index contributed by atoms with van der Waals surface area (Å²) in [5.74, 6) is -1.03. The minimum atomic E-state index is -0.526. The van der Waals surface area contributed by atoms with Crippen LogP contribution in [0.25, 0.3) is 6.08 Å². The first kappa shape index (κ1) is 18.0. The summed E-state index contributed by atoms with van der Waals surface area (Å²) in [6.07, 6.45) is 1.39. The third kappa shape index (κ3) is 4.55. The molecule has 0 fully saturated rings. The summed E-state index contributed by atoms with van der Waals surface area (Å²) in [4.78, 5) is 24.2. The van der Waals surface area contributed by atoms with E-state index in [2.05, 4.69) is 5.32 Å². The number of nitrogens with one attached hydrogen (secondary N) is 1. The average molecular weight is 334 g/mol. The number of nitriles is 1. The van der Waals surface area contributed by atoms with E-state index in [1.54, 1.807) is 24.3 Å². The van der Waals surface area contributed by atoms with E-state index in [0.717, 1.165) is 5.56 Å². The molecule has 25 heavy (non-hydrogen) atoms. The fourth-order valence-corrected chi connectivity index (χ4v) is 2.32. The van der Waals surface area contributed by atoms with Crippen LogP contribution in [0.4, 0.5) is 0 Å². The van der Waals surface area contributed by atoms with E-state index in [0.29, 0.717) is 11.1 Å². The van der Waals surface area contributed by atoms with Crippen LogP contribution in [-0.2, 0) is 9.53 Å². The number of hydrogen-bond donors (Lipinski definition) is 1. The van der Waals surface area contributed by atoms with Crippen molar-refractivity contribution in [1.29, 1.82) is 5.26 Å². The molecule has 126 valence electrons. The molecule has 5 nitrogen and oxygen atoms in total. The SMILES string of the molecule is COC(=O)c1ccccc1/C=C(\C#N)C(=O)N[C@H](C)c1ccccc1. The molecule has 0 aromatic heterocycles. The molecule has 0 bridgehead atoms. The van der Waals surface area contributed by atoms with E-state index in [9.17, 15) is 14.9 Å². The molecule has 0 radical (unpaired) electrons.